The molecule has 0 aliphatic heterocycles. The number of hydrogen-bond acceptors (Lipinski definition) is 9. The molecular formula is C50H73N3O7S. The van der Waals surface area contributed by atoms with Gasteiger partial charge in [0.25, 0.3) is 5.91 Å². The van der Waals surface area contributed by atoms with Crippen molar-refractivity contribution in [2.75, 3.05) is 18.1 Å². The maximum Gasteiger partial charge on any atom is 0.417 e. The van der Waals surface area contributed by atoms with Gasteiger partial charge in [0.15, 0.2) is 0 Å². The predicted octanol–water partition coefficient (Wildman–Crippen LogP) is 11.7. The van der Waals surface area contributed by atoms with Crippen LogP contribution in [0.5, 0.6) is 0 Å². The van der Waals surface area contributed by atoms with E-state index in [4.69, 9.17) is 19.9 Å². The number of carbonyl (C=O) groups is 4. The van der Waals surface area contributed by atoms with Crippen LogP contribution in [-0.2, 0) is 43.6 Å². The molecule has 3 N–H and O–H groups in total. The first-order valence-corrected chi connectivity index (χ1v) is 24.1. The molecule has 3 rings (SSSR count). The number of imide groups is 1. The number of carbonyl (C=O) groups excluding carboxylic acids is 4. The number of nitrogens with one attached hydrogen (secondary N) is 1. The van der Waals surface area contributed by atoms with Crippen LogP contribution in [0.3, 0.4) is 0 Å². The van der Waals surface area contributed by atoms with Crippen LogP contribution in [0.25, 0.3) is 0 Å². The lowest BCUT2D eigenvalue weighted by Crippen LogP contribution is -2.57. The third kappa shape index (κ3) is 22.9. The third-order valence-electron chi connectivity index (χ3n) is 10.6. The van der Waals surface area contributed by atoms with Crippen molar-refractivity contribution in [3.05, 3.63) is 108 Å². The van der Waals surface area contributed by atoms with E-state index in [0.29, 0.717) is 24.9 Å². The molecule has 3 aromatic carbocycles. The van der Waals surface area contributed by atoms with Gasteiger partial charge in [0, 0.05) is 5.75 Å². The first-order valence-electron chi connectivity index (χ1n) is 22.9. The first-order chi connectivity index (χ1) is 29.9. The summed E-state index contributed by atoms with van der Waals surface area (Å²) in [6.45, 7) is 2.46. The highest BCUT2D eigenvalue weighted by atomic mass is 32.2. The highest BCUT2D eigenvalue weighted by Gasteiger charge is 2.40. The molecule has 0 saturated carbocycles. The van der Waals surface area contributed by atoms with Crippen LogP contribution in [0.15, 0.2) is 91.0 Å². The van der Waals surface area contributed by atoms with Crippen molar-refractivity contribution in [3.8, 4) is 0 Å². The van der Waals surface area contributed by atoms with Gasteiger partial charge in [-0.05, 0) is 54.7 Å². The van der Waals surface area contributed by atoms with Gasteiger partial charge in [-0.2, -0.15) is 11.8 Å². The van der Waals surface area contributed by atoms with E-state index in [-0.39, 0.29) is 32.0 Å². The molecule has 0 heterocycles. The van der Waals surface area contributed by atoms with Gasteiger partial charge >= 0.3 is 18.2 Å². The van der Waals surface area contributed by atoms with Gasteiger partial charge < -0.3 is 25.3 Å². The van der Waals surface area contributed by atoms with Gasteiger partial charge in [0.05, 0.1) is 0 Å². The average Bonchev–Trinajstić information content (AvgIpc) is 3.29. The minimum absolute atomic E-state index is 0.00369. The Kier molecular flexibility index (Phi) is 27.8. The molecule has 11 heteroatoms. The Bertz CT molecular complexity index is 1600. The summed E-state index contributed by atoms with van der Waals surface area (Å²) in [5.74, 6) is -0.601. The highest BCUT2D eigenvalue weighted by Crippen LogP contribution is 2.20. The number of rotatable bonds is 33. The molecular weight excluding hydrogens is 787 g/mol. The van der Waals surface area contributed by atoms with Gasteiger partial charge in [0.1, 0.15) is 31.9 Å². The van der Waals surface area contributed by atoms with Crippen molar-refractivity contribution in [1.29, 1.82) is 0 Å². The molecule has 0 aliphatic rings. The predicted molar refractivity (Wildman–Crippen MR) is 247 cm³/mol. The maximum atomic E-state index is 14.7. The van der Waals surface area contributed by atoms with Crippen LogP contribution in [0.4, 0.5) is 9.59 Å². The highest BCUT2D eigenvalue weighted by molar-refractivity contribution is 7.99. The zero-order valence-corrected chi connectivity index (χ0v) is 37.6. The molecule has 2 atom stereocenters. The number of nitrogens with zero attached hydrogens (tertiary/aromatic N) is 1. The lowest BCUT2D eigenvalue weighted by Gasteiger charge is -2.31. The van der Waals surface area contributed by atoms with Crippen LogP contribution in [0.2, 0.25) is 0 Å². The molecule has 0 saturated heterocycles. The molecule has 61 heavy (non-hydrogen) atoms. The van der Waals surface area contributed by atoms with Crippen molar-refractivity contribution in [2.24, 2.45) is 5.73 Å². The summed E-state index contributed by atoms with van der Waals surface area (Å²) in [5.41, 5.74) is 8.06. The largest absolute Gasteiger partial charge is 0.459 e. The summed E-state index contributed by atoms with van der Waals surface area (Å²) in [7, 11) is 0. The SMILES string of the molecule is CCCCCCCCCCCCCCCCCCSC[C@@H](NC(=O)OCc1ccccc1)C(=O)N(C(=O)OCc1ccccc1)[C@@H](CCCCN)C(=O)OCc1ccccc1. The molecule has 336 valence electrons. The number of nitrogens with two attached hydrogens (primary N) is 1. The molecule has 0 bridgehead atoms. The second-order valence-electron chi connectivity index (χ2n) is 15.8. The van der Waals surface area contributed by atoms with Crippen LogP contribution in [0, 0.1) is 0 Å². The Morgan fingerprint density at radius 2 is 1.02 bits per heavy atom. The van der Waals surface area contributed by atoms with Crippen LogP contribution < -0.4 is 11.1 Å². The van der Waals surface area contributed by atoms with Crippen molar-refractivity contribution < 1.29 is 33.4 Å². The third-order valence-corrected chi connectivity index (χ3v) is 11.8. The van der Waals surface area contributed by atoms with Gasteiger partial charge in [0.2, 0.25) is 0 Å². The van der Waals surface area contributed by atoms with Crippen molar-refractivity contribution >= 4 is 35.8 Å². The fourth-order valence-electron chi connectivity index (χ4n) is 7.02. The van der Waals surface area contributed by atoms with Crippen molar-refractivity contribution in [1.82, 2.24) is 10.2 Å². The van der Waals surface area contributed by atoms with Crippen molar-refractivity contribution in [3.63, 3.8) is 0 Å². The minimum Gasteiger partial charge on any atom is -0.459 e. The van der Waals surface area contributed by atoms with E-state index in [2.05, 4.69) is 12.2 Å². The molecule has 0 radical (unpaired) electrons. The topological polar surface area (TPSA) is 137 Å². The second kappa shape index (κ2) is 33.3. The Balaban J connectivity index is 1.64. The summed E-state index contributed by atoms with van der Waals surface area (Å²) >= 11 is 1.52. The van der Waals surface area contributed by atoms with Gasteiger partial charge in [-0.15, -0.1) is 0 Å². The normalized spacial score (nSPS) is 12.0. The molecule has 0 unspecified atom stereocenters. The average molecular weight is 860 g/mol. The zero-order chi connectivity index (χ0) is 43.6. The summed E-state index contributed by atoms with van der Waals surface area (Å²) in [6, 6.07) is 25.0. The molecule has 0 fully saturated rings. The fourth-order valence-corrected chi connectivity index (χ4v) is 8.06. The molecule has 3 amide bonds. The van der Waals surface area contributed by atoms with E-state index in [1.165, 1.54) is 95.2 Å². The van der Waals surface area contributed by atoms with E-state index in [9.17, 15) is 19.2 Å². The van der Waals surface area contributed by atoms with Crippen LogP contribution in [0.1, 0.15) is 146 Å². The number of alkyl carbamates (subject to hydrolysis) is 1. The molecule has 0 spiro atoms. The monoisotopic (exact) mass is 860 g/mol. The van der Waals surface area contributed by atoms with E-state index in [1.807, 2.05) is 78.9 Å². The van der Waals surface area contributed by atoms with Gasteiger partial charge in [-0.1, -0.05) is 194 Å². The number of benzene rings is 3. The molecule has 3 aromatic rings. The number of hydrogen-bond donors (Lipinski definition) is 2. The van der Waals surface area contributed by atoms with Crippen LogP contribution in [-0.4, -0.2) is 59.1 Å². The smallest absolute Gasteiger partial charge is 0.417 e. The summed E-state index contributed by atoms with van der Waals surface area (Å²) in [5, 5.41) is 2.72. The Hall–Kier alpha value is -4.35. The fraction of sp³-hybridized carbons (Fsp3) is 0.560. The minimum atomic E-state index is -1.32. The molecule has 10 nitrogen and oxygen atoms in total. The lowest BCUT2D eigenvalue weighted by molar-refractivity contribution is -0.156. The Morgan fingerprint density at radius 1 is 0.574 bits per heavy atom. The first kappa shape index (κ1) is 51.0. The summed E-state index contributed by atoms with van der Waals surface area (Å²) < 4.78 is 16.9. The summed E-state index contributed by atoms with van der Waals surface area (Å²) in [6.07, 6.45) is 19.8. The number of thioether (sulfide) groups is 1. The second-order valence-corrected chi connectivity index (χ2v) is 16.9. The van der Waals surface area contributed by atoms with Crippen molar-refractivity contribution in [2.45, 2.75) is 161 Å². The number of ether oxygens (including phenoxy) is 3. The maximum absolute atomic E-state index is 14.7. The Morgan fingerprint density at radius 3 is 1.49 bits per heavy atom. The quantitative estimate of drug-likeness (QED) is 0.0348. The van der Waals surface area contributed by atoms with E-state index < -0.39 is 36.1 Å². The lowest BCUT2D eigenvalue weighted by atomic mass is 10.0. The van der Waals surface area contributed by atoms with E-state index >= 15 is 0 Å². The van der Waals surface area contributed by atoms with Gasteiger partial charge in [-0.25, -0.2) is 19.3 Å². The standard InChI is InChI=1S/C50H73N3O7S/c1-2-3-4-5-6-7-8-9-10-11-12-13-14-15-16-28-37-61-41-45(52-49(56)59-39-43-31-22-18-23-32-43)47(54)53(50(57)60-40-44-33-24-19-25-34-44)46(35-26-27-36-51)48(55)58-38-42-29-20-17-21-30-42/h17-25,29-34,45-46H,2-16,26-28,35-41,51H2,1H3,(H,52,56)/t45-,46+/m1/s1. The molecule has 0 aliphatic carbocycles. The summed E-state index contributed by atoms with van der Waals surface area (Å²) in [4.78, 5) is 56.7. The number of amides is 3. The van der Waals surface area contributed by atoms with Gasteiger partial charge in [-0.3, -0.25) is 4.79 Å². The Labute approximate surface area is 370 Å². The number of unbranched alkanes of at least 4 members (excludes halogenated alkanes) is 16. The molecule has 0 aromatic heterocycles. The van der Waals surface area contributed by atoms with Crippen LogP contribution >= 0.6 is 11.8 Å². The van der Waals surface area contributed by atoms with E-state index in [1.54, 1.807) is 12.1 Å². The zero-order valence-electron chi connectivity index (χ0n) is 36.8. The number of esters is 1. The van der Waals surface area contributed by atoms with E-state index in [0.717, 1.165) is 41.0 Å².